The van der Waals surface area contributed by atoms with Crippen molar-refractivity contribution in [3.8, 4) is 5.75 Å². The largest absolute Gasteiger partial charge is 0.435 e. The van der Waals surface area contributed by atoms with Gasteiger partial charge in [0.15, 0.2) is 5.69 Å². The van der Waals surface area contributed by atoms with Gasteiger partial charge < -0.3 is 15.4 Å². The number of amides is 2. The van der Waals surface area contributed by atoms with Gasteiger partial charge in [-0.15, -0.1) is 0 Å². The first-order chi connectivity index (χ1) is 11.4. The number of hydrogen-bond acceptors (Lipinski definition) is 4. The highest BCUT2D eigenvalue weighted by Gasteiger charge is 2.18. The lowest BCUT2D eigenvalue weighted by atomic mass is 10.2. The summed E-state index contributed by atoms with van der Waals surface area (Å²) in [5.74, 6) is -1.16. The summed E-state index contributed by atoms with van der Waals surface area (Å²) in [6.45, 7) is -0.638. The summed E-state index contributed by atoms with van der Waals surface area (Å²) >= 11 is 0. The third-order valence-corrected chi connectivity index (χ3v) is 3.10. The van der Waals surface area contributed by atoms with Gasteiger partial charge >= 0.3 is 6.61 Å². The van der Waals surface area contributed by atoms with Gasteiger partial charge in [-0.2, -0.15) is 13.9 Å². The van der Waals surface area contributed by atoms with Gasteiger partial charge in [-0.25, -0.2) is 0 Å². The summed E-state index contributed by atoms with van der Waals surface area (Å²) < 4.78 is 30.2. The molecule has 0 radical (unpaired) electrons. The van der Waals surface area contributed by atoms with Crippen molar-refractivity contribution in [2.24, 2.45) is 0 Å². The van der Waals surface area contributed by atoms with Crippen LogP contribution in [0.2, 0.25) is 0 Å². The molecule has 2 aromatic rings. The van der Waals surface area contributed by atoms with Gasteiger partial charge in [0.1, 0.15) is 5.75 Å². The lowest BCUT2D eigenvalue weighted by Gasteiger charge is -2.07. The van der Waals surface area contributed by atoms with E-state index in [1.54, 1.807) is 0 Å². The number of halogens is 2. The maximum atomic E-state index is 12.3. The zero-order valence-corrected chi connectivity index (χ0v) is 13.0. The van der Waals surface area contributed by atoms with E-state index in [9.17, 15) is 18.4 Å². The van der Waals surface area contributed by atoms with E-state index in [2.05, 4.69) is 20.5 Å². The molecule has 0 saturated carbocycles. The monoisotopic (exact) mass is 338 g/mol. The van der Waals surface area contributed by atoms with E-state index >= 15 is 0 Å². The van der Waals surface area contributed by atoms with Crippen LogP contribution in [0.3, 0.4) is 0 Å². The number of carbonyl (C=O) groups is 2. The van der Waals surface area contributed by atoms with Crippen LogP contribution in [0.15, 0.2) is 30.5 Å². The Kier molecular flexibility index (Phi) is 5.46. The number of aryl methyl sites for hydroxylation is 1. The highest BCUT2D eigenvalue weighted by Crippen LogP contribution is 2.19. The van der Waals surface area contributed by atoms with Crippen molar-refractivity contribution in [1.29, 1.82) is 0 Å². The van der Waals surface area contributed by atoms with Gasteiger partial charge in [-0.3, -0.25) is 14.3 Å². The van der Waals surface area contributed by atoms with Gasteiger partial charge in [0.25, 0.3) is 11.8 Å². The van der Waals surface area contributed by atoms with Crippen molar-refractivity contribution in [3.63, 3.8) is 0 Å². The number of nitrogens with zero attached hydrogens (tertiary/aromatic N) is 2. The van der Waals surface area contributed by atoms with E-state index in [1.165, 1.54) is 42.2 Å². The van der Waals surface area contributed by atoms with E-state index in [1.807, 2.05) is 6.92 Å². The van der Waals surface area contributed by atoms with Gasteiger partial charge in [0.2, 0.25) is 0 Å². The van der Waals surface area contributed by atoms with Crippen molar-refractivity contribution in [2.45, 2.75) is 20.1 Å². The molecule has 0 atom stereocenters. The van der Waals surface area contributed by atoms with Crippen LogP contribution in [0.5, 0.6) is 5.75 Å². The Balaban J connectivity index is 2.23. The first-order valence-corrected chi connectivity index (χ1v) is 7.10. The molecule has 128 valence electrons. The molecule has 7 nitrogen and oxygen atoms in total. The molecule has 2 N–H and O–H groups in total. The third kappa shape index (κ3) is 4.06. The first-order valence-electron chi connectivity index (χ1n) is 7.10. The average Bonchev–Trinajstić information content (AvgIpc) is 2.96. The van der Waals surface area contributed by atoms with Crippen LogP contribution in [0.25, 0.3) is 0 Å². The second-order valence-electron chi connectivity index (χ2n) is 4.69. The Morgan fingerprint density at radius 2 is 2.08 bits per heavy atom. The van der Waals surface area contributed by atoms with Gasteiger partial charge in [-0.05, 0) is 25.1 Å². The topological polar surface area (TPSA) is 85.2 Å². The molecule has 9 heteroatoms. The number of nitrogens with one attached hydrogen (secondary N) is 2. The smallest absolute Gasteiger partial charge is 0.387 e. The molecule has 0 bridgehead atoms. The Morgan fingerprint density at radius 3 is 2.71 bits per heavy atom. The Hall–Kier alpha value is -2.97. The predicted molar refractivity (Wildman–Crippen MR) is 82.3 cm³/mol. The average molecular weight is 338 g/mol. The number of ether oxygens (including phenoxy) is 1. The number of anilines is 1. The van der Waals surface area contributed by atoms with E-state index in [-0.39, 0.29) is 22.7 Å². The molecule has 0 aliphatic heterocycles. The van der Waals surface area contributed by atoms with Crippen LogP contribution in [0.4, 0.5) is 14.5 Å². The van der Waals surface area contributed by atoms with Crippen LogP contribution >= 0.6 is 0 Å². The zero-order chi connectivity index (χ0) is 17.7. The number of aromatic nitrogens is 2. The number of carbonyl (C=O) groups excluding carboxylic acids is 2. The van der Waals surface area contributed by atoms with Crippen molar-refractivity contribution < 1.29 is 23.1 Å². The molecule has 24 heavy (non-hydrogen) atoms. The first kappa shape index (κ1) is 17.4. The Morgan fingerprint density at radius 1 is 1.33 bits per heavy atom. The second-order valence-corrected chi connectivity index (χ2v) is 4.69. The molecule has 0 unspecified atom stereocenters. The highest BCUT2D eigenvalue weighted by molar-refractivity contribution is 6.08. The van der Waals surface area contributed by atoms with Crippen LogP contribution in [-0.2, 0) is 6.54 Å². The third-order valence-electron chi connectivity index (χ3n) is 3.10. The normalized spacial score (nSPS) is 10.5. The molecule has 2 rings (SSSR count). The molecule has 2 amide bonds. The number of rotatable bonds is 6. The molecule has 0 aliphatic rings. The predicted octanol–water partition coefficient (Wildman–Crippen LogP) is 2.12. The molecule has 1 aromatic carbocycles. The zero-order valence-electron chi connectivity index (χ0n) is 13.0. The summed E-state index contributed by atoms with van der Waals surface area (Å²) in [7, 11) is 1.45. The summed E-state index contributed by atoms with van der Waals surface area (Å²) in [6.07, 6.45) is 1.52. The van der Waals surface area contributed by atoms with Crippen LogP contribution < -0.4 is 15.4 Å². The Bertz CT molecular complexity index is 746. The van der Waals surface area contributed by atoms with Crippen molar-refractivity contribution >= 4 is 17.5 Å². The number of hydrogen-bond donors (Lipinski definition) is 2. The van der Waals surface area contributed by atoms with Gasteiger partial charge in [-0.1, -0.05) is 6.07 Å². The minimum absolute atomic E-state index is 0.0627. The van der Waals surface area contributed by atoms with E-state index in [0.29, 0.717) is 6.54 Å². The molecular formula is C15H16F2N4O3. The molecule has 0 spiro atoms. The van der Waals surface area contributed by atoms with Crippen LogP contribution in [-0.4, -0.2) is 35.3 Å². The molecular weight excluding hydrogens is 322 g/mol. The van der Waals surface area contributed by atoms with Gasteiger partial charge in [0.05, 0.1) is 5.69 Å². The minimum atomic E-state index is -2.98. The number of alkyl halides is 2. The van der Waals surface area contributed by atoms with E-state index < -0.39 is 18.4 Å². The highest BCUT2D eigenvalue weighted by atomic mass is 19.3. The van der Waals surface area contributed by atoms with E-state index in [4.69, 9.17) is 0 Å². The lowest BCUT2D eigenvalue weighted by Crippen LogP contribution is -2.21. The molecule has 0 saturated heterocycles. The van der Waals surface area contributed by atoms with Crippen molar-refractivity contribution in [2.75, 3.05) is 12.4 Å². The van der Waals surface area contributed by atoms with Gasteiger partial charge in [0, 0.05) is 25.4 Å². The summed E-state index contributed by atoms with van der Waals surface area (Å²) in [5.41, 5.74) is 0.398. The summed E-state index contributed by atoms with van der Waals surface area (Å²) in [4.78, 5) is 24.1. The second kappa shape index (κ2) is 7.53. The van der Waals surface area contributed by atoms with Crippen molar-refractivity contribution in [3.05, 3.63) is 41.7 Å². The number of benzene rings is 1. The Labute approximate surface area is 136 Å². The quantitative estimate of drug-likeness (QED) is 0.845. The maximum absolute atomic E-state index is 12.3. The summed E-state index contributed by atoms with van der Waals surface area (Å²) in [5, 5.41) is 9.05. The molecule has 1 aromatic heterocycles. The van der Waals surface area contributed by atoms with Crippen LogP contribution in [0.1, 0.15) is 27.8 Å². The fourth-order valence-corrected chi connectivity index (χ4v) is 1.97. The van der Waals surface area contributed by atoms with Crippen LogP contribution in [0, 0.1) is 0 Å². The maximum Gasteiger partial charge on any atom is 0.387 e. The fraction of sp³-hybridized carbons (Fsp3) is 0.267. The fourth-order valence-electron chi connectivity index (χ4n) is 1.97. The molecule has 0 aliphatic carbocycles. The van der Waals surface area contributed by atoms with E-state index in [0.717, 1.165) is 0 Å². The molecule has 0 fully saturated rings. The SMILES string of the molecule is CCn1cc(NC(=O)c2cccc(OC(F)F)c2)c(C(=O)NC)n1. The standard InChI is InChI=1S/C15H16F2N4O3/c1-3-21-8-11(12(20-21)14(23)18-2)19-13(22)9-5-4-6-10(7-9)24-15(16)17/h4-8,15H,3H2,1-2H3,(H,18,23)(H,19,22). The summed E-state index contributed by atoms with van der Waals surface area (Å²) in [6, 6.07) is 5.36. The minimum Gasteiger partial charge on any atom is -0.435 e. The molecule has 1 heterocycles. The lowest BCUT2D eigenvalue weighted by molar-refractivity contribution is -0.0498. The van der Waals surface area contributed by atoms with Crippen molar-refractivity contribution in [1.82, 2.24) is 15.1 Å².